The second kappa shape index (κ2) is 5.12. The second-order valence-corrected chi connectivity index (χ2v) is 4.11. The normalized spacial score (nSPS) is 15.6. The van der Waals surface area contributed by atoms with E-state index in [1.807, 2.05) is 13.0 Å². The van der Waals surface area contributed by atoms with Crippen LogP contribution in [-0.2, 0) is 0 Å². The summed E-state index contributed by atoms with van der Waals surface area (Å²) in [5.41, 5.74) is 0. The Morgan fingerprint density at radius 2 is 2.12 bits per heavy atom. The fourth-order valence-electron chi connectivity index (χ4n) is 1.59. The smallest absolute Gasteiger partial charge is 0.132 e. The number of rotatable bonds is 5. The average molecular weight is 221 g/mol. The Balaban J connectivity index is 2.02. The zero-order valence-electron chi connectivity index (χ0n) is 9.88. The molecule has 0 amide bonds. The van der Waals surface area contributed by atoms with Crippen LogP contribution >= 0.6 is 0 Å². The molecule has 1 aromatic heterocycles. The first-order valence-electron chi connectivity index (χ1n) is 5.84. The van der Waals surface area contributed by atoms with Gasteiger partial charge in [-0.05, 0) is 13.3 Å². The summed E-state index contributed by atoms with van der Waals surface area (Å²) in [6.07, 6.45) is 1.10. The molecule has 1 saturated heterocycles. The maximum Gasteiger partial charge on any atom is 0.132 e. The molecule has 0 unspecified atom stereocenters. The summed E-state index contributed by atoms with van der Waals surface area (Å²) in [5, 5.41) is 9.88. The molecule has 0 atom stereocenters. The molecule has 1 fully saturated rings. The van der Waals surface area contributed by atoms with E-state index in [0.717, 1.165) is 43.5 Å². The van der Waals surface area contributed by atoms with Crippen LogP contribution in [0.1, 0.15) is 19.2 Å². The van der Waals surface area contributed by atoms with Crippen LogP contribution in [0, 0.1) is 6.92 Å². The van der Waals surface area contributed by atoms with Crippen molar-refractivity contribution in [2.45, 2.75) is 26.3 Å². The SMILES string of the molecule is CCCNc1cc(NC2CNC2)nc(C)n1. The van der Waals surface area contributed by atoms with Gasteiger partial charge in [0.15, 0.2) is 0 Å². The highest BCUT2D eigenvalue weighted by Crippen LogP contribution is 2.13. The van der Waals surface area contributed by atoms with Crippen molar-refractivity contribution in [3.63, 3.8) is 0 Å². The van der Waals surface area contributed by atoms with E-state index in [1.54, 1.807) is 0 Å². The first kappa shape index (κ1) is 11.1. The number of hydrogen-bond acceptors (Lipinski definition) is 5. The molecule has 5 heteroatoms. The van der Waals surface area contributed by atoms with Crippen molar-refractivity contribution >= 4 is 11.6 Å². The molecule has 0 aromatic carbocycles. The van der Waals surface area contributed by atoms with E-state index < -0.39 is 0 Å². The molecule has 1 aliphatic rings. The lowest BCUT2D eigenvalue weighted by atomic mass is 10.2. The Morgan fingerprint density at radius 3 is 2.75 bits per heavy atom. The molecular formula is C11H19N5. The predicted molar refractivity (Wildman–Crippen MR) is 65.8 cm³/mol. The van der Waals surface area contributed by atoms with Crippen molar-refractivity contribution in [2.24, 2.45) is 0 Å². The van der Waals surface area contributed by atoms with Gasteiger partial charge >= 0.3 is 0 Å². The molecular weight excluding hydrogens is 202 g/mol. The fourth-order valence-corrected chi connectivity index (χ4v) is 1.59. The highest BCUT2D eigenvalue weighted by molar-refractivity contribution is 5.48. The summed E-state index contributed by atoms with van der Waals surface area (Å²) < 4.78 is 0. The van der Waals surface area contributed by atoms with Crippen LogP contribution < -0.4 is 16.0 Å². The van der Waals surface area contributed by atoms with Crippen LogP contribution in [0.25, 0.3) is 0 Å². The topological polar surface area (TPSA) is 61.9 Å². The molecule has 1 aliphatic heterocycles. The van der Waals surface area contributed by atoms with Crippen LogP contribution in [0.3, 0.4) is 0 Å². The molecule has 0 saturated carbocycles. The Kier molecular flexibility index (Phi) is 3.56. The van der Waals surface area contributed by atoms with Gasteiger partial charge in [-0.15, -0.1) is 0 Å². The molecule has 0 aliphatic carbocycles. The number of nitrogens with one attached hydrogen (secondary N) is 3. The van der Waals surface area contributed by atoms with Crippen LogP contribution in [-0.4, -0.2) is 35.6 Å². The third-order valence-electron chi connectivity index (χ3n) is 2.53. The Labute approximate surface area is 96.1 Å². The van der Waals surface area contributed by atoms with Crippen molar-refractivity contribution < 1.29 is 0 Å². The van der Waals surface area contributed by atoms with Gasteiger partial charge in [-0.2, -0.15) is 0 Å². The number of nitrogens with zero attached hydrogens (tertiary/aromatic N) is 2. The summed E-state index contributed by atoms with van der Waals surface area (Å²) in [4.78, 5) is 8.72. The third kappa shape index (κ3) is 2.82. The van der Waals surface area contributed by atoms with E-state index in [0.29, 0.717) is 6.04 Å². The fraction of sp³-hybridized carbons (Fsp3) is 0.636. The van der Waals surface area contributed by atoms with Gasteiger partial charge in [-0.1, -0.05) is 6.92 Å². The average Bonchev–Trinajstić information content (AvgIpc) is 2.20. The number of anilines is 2. The van der Waals surface area contributed by atoms with Crippen molar-refractivity contribution in [1.82, 2.24) is 15.3 Å². The number of aromatic nitrogens is 2. The third-order valence-corrected chi connectivity index (χ3v) is 2.53. The Morgan fingerprint density at radius 1 is 1.38 bits per heavy atom. The largest absolute Gasteiger partial charge is 0.370 e. The van der Waals surface area contributed by atoms with Gasteiger partial charge in [0.2, 0.25) is 0 Å². The summed E-state index contributed by atoms with van der Waals surface area (Å²) >= 11 is 0. The zero-order chi connectivity index (χ0) is 11.4. The lowest BCUT2D eigenvalue weighted by Crippen LogP contribution is -2.51. The van der Waals surface area contributed by atoms with E-state index in [9.17, 15) is 0 Å². The minimum atomic E-state index is 0.508. The molecule has 2 rings (SSSR count). The van der Waals surface area contributed by atoms with Gasteiger partial charge in [0, 0.05) is 25.7 Å². The van der Waals surface area contributed by atoms with Crippen LogP contribution in [0.15, 0.2) is 6.07 Å². The van der Waals surface area contributed by atoms with Crippen molar-refractivity contribution in [3.8, 4) is 0 Å². The molecule has 0 bridgehead atoms. The molecule has 1 aromatic rings. The van der Waals surface area contributed by atoms with Crippen molar-refractivity contribution in [2.75, 3.05) is 30.3 Å². The lowest BCUT2D eigenvalue weighted by molar-refractivity contribution is 0.471. The summed E-state index contributed by atoms with van der Waals surface area (Å²) in [6, 6.07) is 2.48. The zero-order valence-corrected chi connectivity index (χ0v) is 9.88. The van der Waals surface area contributed by atoms with Gasteiger partial charge in [0.05, 0.1) is 6.04 Å². The predicted octanol–water partition coefficient (Wildman–Crippen LogP) is 0.991. The van der Waals surface area contributed by atoms with Gasteiger partial charge in [-0.25, -0.2) is 9.97 Å². The van der Waals surface area contributed by atoms with E-state index in [1.165, 1.54) is 0 Å². The lowest BCUT2D eigenvalue weighted by Gasteiger charge is -2.28. The quantitative estimate of drug-likeness (QED) is 0.692. The minimum absolute atomic E-state index is 0.508. The second-order valence-electron chi connectivity index (χ2n) is 4.11. The van der Waals surface area contributed by atoms with E-state index in [-0.39, 0.29) is 0 Å². The first-order chi connectivity index (χ1) is 7.78. The van der Waals surface area contributed by atoms with Gasteiger partial charge < -0.3 is 16.0 Å². The number of aryl methyl sites for hydroxylation is 1. The monoisotopic (exact) mass is 221 g/mol. The van der Waals surface area contributed by atoms with Crippen molar-refractivity contribution in [3.05, 3.63) is 11.9 Å². The highest BCUT2D eigenvalue weighted by atomic mass is 15.1. The Bertz CT molecular complexity index is 348. The van der Waals surface area contributed by atoms with Crippen molar-refractivity contribution in [1.29, 1.82) is 0 Å². The summed E-state index contributed by atoms with van der Waals surface area (Å²) in [6.45, 7) is 7.03. The van der Waals surface area contributed by atoms with Crippen LogP contribution in [0.4, 0.5) is 11.6 Å². The number of hydrogen-bond donors (Lipinski definition) is 3. The van der Waals surface area contributed by atoms with Gasteiger partial charge in [0.1, 0.15) is 17.5 Å². The van der Waals surface area contributed by atoms with E-state index in [2.05, 4.69) is 32.8 Å². The van der Waals surface area contributed by atoms with Crippen LogP contribution in [0.2, 0.25) is 0 Å². The standard InChI is InChI=1S/C11H19N5/c1-3-4-13-10-5-11(15-8(2)14-10)16-9-6-12-7-9/h5,9,12H,3-4,6-7H2,1-2H3,(H2,13,14,15,16). The maximum absolute atomic E-state index is 4.37. The van der Waals surface area contributed by atoms with Gasteiger partial charge in [0.25, 0.3) is 0 Å². The molecule has 2 heterocycles. The molecule has 0 radical (unpaired) electrons. The molecule has 88 valence electrons. The minimum Gasteiger partial charge on any atom is -0.370 e. The van der Waals surface area contributed by atoms with Gasteiger partial charge in [-0.3, -0.25) is 0 Å². The van der Waals surface area contributed by atoms with Crippen LogP contribution in [0.5, 0.6) is 0 Å². The van der Waals surface area contributed by atoms with E-state index >= 15 is 0 Å². The Hall–Kier alpha value is -1.36. The highest BCUT2D eigenvalue weighted by Gasteiger charge is 2.16. The van der Waals surface area contributed by atoms with E-state index in [4.69, 9.17) is 0 Å². The molecule has 16 heavy (non-hydrogen) atoms. The first-order valence-corrected chi connectivity index (χ1v) is 5.84. The summed E-state index contributed by atoms with van der Waals surface area (Å²) in [7, 11) is 0. The molecule has 5 nitrogen and oxygen atoms in total. The molecule has 0 spiro atoms. The summed E-state index contributed by atoms with van der Waals surface area (Å²) in [5.74, 6) is 2.62. The molecule has 3 N–H and O–H groups in total. The maximum atomic E-state index is 4.37.